The first-order valence-electron chi connectivity index (χ1n) is 10.7. The van der Waals surface area contributed by atoms with E-state index in [2.05, 4.69) is 45.1 Å². The second-order valence-corrected chi connectivity index (χ2v) is 8.97. The molecule has 4 rings (SSSR count). The van der Waals surface area contributed by atoms with Gasteiger partial charge in [-0.15, -0.1) is 0 Å². The van der Waals surface area contributed by atoms with Crippen LogP contribution in [0, 0.1) is 0 Å². The summed E-state index contributed by atoms with van der Waals surface area (Å²) in [6.45, 7) is 4.47. The Morgan fingerprint density at radius 2 is 1.68 bits per heavy atom. The number of carbonyl (C=O) groups is 3. The Bertz CT molecular complexity index is 979. The fourth-order valence-electron chi connectivity index (χ4n) is 4.23. The first-order valence-corrected chi connectivity index (χ1v) is 11.5. The zero-order chi connectivity index (χ0) is 21.8. The molecule has 0 radical (unpaired) electrons. The summed E-state index contributed by atoms with van der Waals surface area (Å²) in [5.41, 5.74) is 2.15. The van der Waals surface area contributed by atoms with Crippen LogP contribution in [0.5, 0.6) is 0 Å². The van der Waals surface area contributed by atoms with Crippen LogP contribution in [0.1, 0.15) is 45.5 Å². The minimum Gasteiger partial charge on any atom is -0.341 e. The van der Waals surface area contributed by atoms with Crippen LogP contribution in [0.25, 0.3) is 0 Å². The molecule has 3 amide bonds. The molecule has 0 bridgehead atoms. The fraction of sp³-hybridized carbons (Fsp3) is 0.375. The number of carbonyl (C=O) groups excluding carboxylic acids is 3. The van der Waals surface area contributed by atoms with Crippen LogP contribution < -0.4 is 0 Å². The third-order valence-electron chi connectivity index (χ3n) is 5.90. The molecule has 2 heterocycles. The van der Waals surface area contributed by atoms with Gasteiger partial charge in [0.2, 0.25) is 5.91 Å². The molecule has 0 N–H and O–H groups in total. The van der Waals surface area contributed by atoms with E-state index in [0.717, 1.165) is 37.1 Å². The lowest BCUT2D eigenvalue weighted by Crippen LogP contribution is -2.36. The minimum absolute atomic E-state index is 0.0981. The van der Waals surface area contributed by atoms with E-state index in [-0.39, 0.29) is 24.3 Å². The Hall–Kier alpha value is -2.51. The van der Waals surface area contributed by atoms with Crippen LogP contribution in [0.15, 0.2) is 53.0 Å². The summed E-state index contributed by atoms with van der Waals surface area (Å²) in [6, 6.07) is 15.5. The van der Waals surface area contributed by atoms with Gasteiger partial charge in [-0.3, -0.25) is 24.2 Å². The van der Waals surface area contributed by atoms with E-state index in [4.69, 9.17) is 0 Å². The molecule has 0 saturated carbocycles. The van der Waals surface area contributed by atoms with Crippen LogP contribution in [-0.2, 0) is 11.3 Å². The maximum absolute atomic E-state index is 12.7. The summed E-state index contributed by atoms with van der Waals surface area (Å²) >= 11 is 3.34. The Balaban J connectivity index is 1.25. The quantitative estimate of drug-likeness (QED) is 0.589. The van der Waals surface area contributed by atoms with E-state index < -0.39 is 0 Å². The standard InChI is InChI=1S/C24H26BrN3O3/c25-19-9-10-20-21(16-19)24(31)28(23(20)30)13-4-8-22(29)27-12-5-11-26(14-15-27)17-18-6-2-1-3-7-18/h1-3,6-7,9-10,16H,4-5,8,11-15,17H2. The van der Waals surface area contributed by atoms with E-state index in [9.17, 15) is 14.4 Å². The van der Waals surface area contributed by atoms with Crippen molar-refractivity contribution in [3.05, 3.63) is 69.7 Å². The molecule has 0 aliphatic carbocycles. The van der Waals surface area contributed by atoms with E-state index in [0.29, 0.717) is 30.5 Å². The highest BCUT2D eigenvalue weighted by Crippen LogP contribution is 2.26. The number of nitrogens with zero attached hydrogens (tertiary/aromatic N) is 3. The molecule has 0 unspecified atom stereocenters. The number of hydrogen-bond acceptors (Lipinski definition) is 4. The van der Waals surface area contributed by atoms with E-state index >= 15 is 0 Å². The summed E-state index contributed by atoms with van der Waals surface area (Å²) in [6.07, 6.45) is 1.78. The van der Waals surface area contributed by atoms with Gasteiger partial charge in [-0.1, -0.05) is 46.3 Å². The van der Waals surface area contributed by atoms with Crippen molar-refractivity contribution < 1.29 is 14.4 Å². The van der Waals surface area contributed by atoms with Gasteiger partial charge in [0, 0.05) is 50.2 Å². The molecule has 31 heavy (non-hydrogen) atoms. The summed E-state index contributed by atoms with van der Waals surface area (Å²) in [7, 11) is 0. The van der Waals surface area contributed by atoms with Gasteiger partial charge in [-0.05, 0) is 36.6 Å². The van der Waals surface area contributed by atoms with Gasteiger partial charge in [-0.25, -0.2) is 0 Å². The summed E-state index contributed by atoms with van der Waals surface area (Å²) in [4.78, 5) is 43.4. The highest BCUT2D eigenvalue weighted by molar-refractivity contribution is 9.10. The average molecular weight is 484 g/mol. The Labute approximate surface area is 190 Å². The summed E-state index contributed by atoms with van der Waals surface area (Å²) in [5.74, 6) is -0.452. The molecule has 6 nitrogen and oxygen atoms in total. The van der Waals surface area contributed by atoms with Crippen molar-refractivity contribution in [1.82, 2.24) is 14.7 Å². The van der Waals surface area contributed by atoms with Gasteiger partial charge < -0.3 is 4.90 Å². The van der Waals surface area contributed by atoms with Crippen molar-refractivity contribution in [2.24, 2.45) is 0 Å². The SMILES string of the molecule is O=C(CCCN1C(=O)c2ccc(Br)cc2C1=O)N1CCCN(Cc2ccccc2)CC1. The van der Waals surface area contributed by atoms with Crippen LogP contribution >= 0.6 is 15.9 Å². The molecule has 162 valence electrons. The monoisotopic (exact) mass is 483 g/mol. The zero-order valence-electron chi connectivity index (χ0n) is 17.4. The highest BCUT2D eigenvalue weighted by atomic mass is 79.9. The predicted octanol–water partition coefficient (Wildman–Crippen LogP) is 3.56. The molecule has 1 fully saturated rings. The average Bonchev–Trinajstić information content (AvgIpc) is 2.92. The van der Waals surface area contributed by atoms with E-state index in [1.54, 1.807) is 18.2 Å². The number of rotatable bonds is 6. The van der Waals surface area contributed by atoms with Crippen molar-refractivity contribution in [2.75, 3.05) is 32.7 Å². The number of amides is 3. The number of benzene rings is 2. The molecule has 2 aromatic carbocycles. The lowest BCUT2D eigenvalue weighted by molar-refractivity contribution is -0.131. The number of fused-ring (bicyclic) bond motifs is 1. The first-order chi connectivity index (χ1) is 15.0. The Morgan fingerprint density at radius 1 is 0.903 bits per heavy atom. The zero-order valence-corrected chi connectivity index (χ0v) is 19.0. The lowest BCUT2D eigenvalue weighted by Gasteiger charge is -2.22. The molecule has 1 saturated heterocycles. The number of imide groups is 1. The maximum Gasteiger partial charge on any atom is 0.261 e. The van der Waals surface area contributed by atoms with Crippen LogP contribution in [0.4, 0.5) is 0 Å². The van der Waals surface area contributed by atoms with E-state index in [1.165, 1.54) is 10.5 Å². The molecule has 0 atom stereocenters. The molecular weight excluding hydrogens is 458 g/mol. The van der Waals surface area contributed by atoms with Crippen molar-refractivity contribution in [1.29, 1.82) is 0 Å². The predicted molar refractivity (Wildman–Crippen MR) is 122 cm³/mol. The third-order valence-corrected chi connectivity index (χ3v) is 6.39. The lowest BCUT2D eigenvalue weighted by atomic mass is 10.1. The highest BCUT2D eigenvalue weighted by Gasteiger charge is 2.35. The summed E-state index contributed by atoms with van der Waals surface area (Å²) < 4.78 is 0.770. The van der Waals surface area contributed by atoms with Crippen molar-refractivity contribution in [2.45, 2.75) is 25.8 Å². The molecule has 7 heteroatoms. The maximum atomic E-state index is 12.7. The minimum atomic E-state index is -0.278. The summed E-state index contributed by atoms with van der Waals surface area (Å²) in [5, 5.41) is 0. The third kappa shape index (κ3) is 5.05. The van der Waals surface area contributed by atoms with Crippen molar-refractivity contribution >= 4 is 33.7 Å². The largest absolute Gasteiger partial charge is 0.341 e. The van der Waals surface area contributed by atoms with Gasteiger partial charge >= 0.3 is 0 Å². The van der Waals surface area contributed by atoms with Gasteiger partial charge in [0.05, 0.1) is 11.1 Å². The molecule has 2 aliphatic heterocycles. The van der Waals surface area contributed by atoms with Gasteiger partial charge in [0.25, 0.3) is 11.8 Å². The van der Waals surface area contributed by atoms with Crippen LogP contribution in [0.3, 0.4) is 0 Å². The smallest absolute Gasteiger partial charge is 0.261 e. The number of halogens is 1. The first kappa shape index (κ1) is 21.7. The molecule has 2 aliphatic rings. The molecular formula is C24H26BrN3O3. The number of hydrogen-bond donors (Lipinski definition) is 0. The Morgan fingerprint density at radius 3 is 2.48 bits per heavy atom. The Kier molecular flexibility index (Phi) is 6.83. The van der Waals surface area contributed by atoms with Crippen LogP contribution in [0.2, 0.25) is 0 Å². The van der Waals surface area contributed by atoms with Gasteiger partial charge in [-0.2, -0.15) is 0 Å². The van der Waals surface area contributed by atoms with Gasteiger partial charge in [0.15, 0.2) is 0 Å². The molecule has 0 aromatic heterocycles. The normalized spacial score (nSPS) is 17.1. The second-order valence-electron chi connectivity index (χ2n) is 8.05. The second kappa shape index (κ2) is 9.75. The van der Waals surface area contributed by atoms with Gasteiger partial charge in [0.1, 0.15) is 0 Å². The molecule has 2 aromatic rings. The van der Waals surface area contributed by atoms with E-state index in [1.807, 2.05) is 11.0 Å². The fourth-order valence-corrected chi connectivity index (χ4v) is 4.59. The van der Waals surface area contributed by atoms with Crippen molar-refractivity contribution in [3.8, 4) is 0 Å². The van der Waals surface area contributed by atoms with Crippen LogP contribution in [-0.4, -0.2) is 65.1 Å². The topological polar surface area (TPSA) is 60.9 Å². The molecule has 0 spiro atoms. The van der Waals surface area contributed by atoms with Crippen molar-refractivity contribution in [3.63, 3.8) is 0 Å².